The van der Waals surface area contributed by atoms with Gasteiger partial charge in [-0.2, -0.15) is 0 Å². The minimum Gasteiger partial charge on any atom is -0.201 e. The van der Waals surface area contributed by atoms with Crippen LogP contribution in [-0.2, 0) is 56.3 Å². The second-order valence-electron chi connectivity index (χ2n) is 30.1. The monoisotopic (exact) mass is 1270 g/mol. The highest BCUT2D eigenvalue weighted by Gasteiger charge is 2.44. The zero-order valence-electron chi connectivity index (χ0n) is 63.8. The van der Waals surface area contributed by atoms with Gasteiger partial charge in [0, 0.05) is 74.3 Å². The Labute approximate surface area is 583 Å². The number of pyridine rings is 4. The van der Waals surface area contributed by atoms with Gasteiger partial charge in [0.2, 0.25) is 22.8 Å². The van der Waals surface area contributed by atoms with E-state index < -0.39 is 6.85 Å². The van der Waals surface area contributed by atoms with Crippen molar-refractivity contribution in [1.29, 1.82) is 0 Å². The summed E-state index contributed by atoms with van der Waals surface area (Å²) in [5, 5.41) is 0. The van der Waals surface area contributed by atoms with Crippen LogP contribution in [0, 0.1) is 48.4 Å². The third kappa shape index (κ3) is 10.9. The lowest BCUT2D eigenvalue weighted by atomic mass is 9.78. The molecule has 4 nitrogen and oxygen atoms in total. The molecule has 4 aliphatic rings. The predicted octanol–water partition coefficient (Wildman–Crippen LogP) is 20.7. The summed E-state index contributed by atoms with van der Waals surface area (Å²) in [6.45, 7) is 31.9. The molecule has 0 fully saturated rings. The number of aromatic nitrogens is 4. The molecule has 4 aromatic heterocycles. The van der Waals surface area contributed by atoms with Crippen molar-refractivity contribution < 1.29 is 22.4 Å². The third-order valence-corrected chi connectivity index (χ3v) is 22.1. The zero-order valence-corrected chi connectivity index (χ0v) is 60.8. The second-order valence-corrected chi connectivity index (χ2v) is 30.1. The van der Waals surface area contributed by atoms with E-state index in [0.717, 1.165) is 28.8 Å². The molecule has 0 radical (unpaired) electrons. The minimum absolute atomic E-state index is 0.0139. The molecule has 0 N–H and O–H groups in total. The second kappa shape index (κ2) is 24.8. The molecule has 0 saturated carbocycles. The van der Waals surface area contributed by atoms with Gasteiger partial charge >= 0.3 is 0 Å². The molecule has 16 rings (SSSR count). The molecule has 0 aliphatic heterocycles. The minimum atomic E-state index is -2.13. The lowest BCUT2D eigenvalue weighted by Crippen LogP contribution is -2.31. The Balaban J connectivity index is 0.000000120. The van der Waals surface area contributed by atoms with Crippen LogP contribution in [0.25, 0.3) is 89.5 Å². The molecule has 0 unspecified atom stereocenters. The quantitative estimate of drug-likeness (QED) is 0.153. The van der Waals surface area contributed by atoms with Gasteiger partial charge in [-0.3, -0.25) is 0 Å². The highest BCUT2D eigenvalue weighted by molar-refractivity contribution is 5.93. The molecule has 4 heteroatoms. The van der Waals surface area contributed by atoms with Crippen LogP contribution in [0.4, 0.5) is 0 Å². The van der Waals surface area contributed by atoms with Gasteiger partial charge in [-0.1, -0.05) is 195 Å². The first kappa shape index (κ1) is 62.2. The number of hydrogen-bond donors (Lipinski definition) is 0. The smallest absolute Gasteiger partial charge is 0.201 e. The van der Waals surface area contributed by atoms with Crippen molar-refractivity contribution in [3.05, 3.63) is 308 Å². The zero-order chi connectivity index (χ0) is 71.4. The van der Waals surface area contributed by atoms with Crippen LogP contribution in [0.3, 0.4) is 0 Å². The van der Waals surface area contributed by atoms with Crippen LogP contribution in [0.15, 0.2) is 219 Å². The molecule has 0 amide bonds. The number of nitrogens with zero attached hydrogens (tertiary/aromatic N) is 4. The molecule has 0 spiro atoms. The fourth-order valence-corrected chi connectivity index (χ4v) is 17.1. The maximum absolute atomic E-state index is 8.04. The van der Waals surface area contributed by atoms with E-state index in [2.05, 4.69) is 351 Å². The van der Waals surface area contributed by atoms with Crippen LogP contribution >= 0.6 is 0 Å². The Morgan fingerprint density at radius 3 is 1.06 bits per heavy atom. The molecule has 8 aromatic carbocycles. The van der Waals surface area contributed by atoms with Crippen LogP contribution in [0.2, 0.25) is 0 Å². The SMILES string of the molecule is CCc1ccc2c(c1)C(C)(C)c1c-2ccc(C)c1-c1cccc[n+]1C.Cc1ccc2c(c1)-c1ccc(C)c(-c3cccc[n+]3C)c1C2(C)C.Cc1ccc2c(c1)C(C)(C)c1c-2ccc(C)c1-c1cccc[n+]1C.[2H]C([2H])([2H])c1cccc2c1-c1ccc(C)c(-c3cccc[n+]3C)c1C2(C)C. The Bertz CT molecular complexity index is 5290. The first-order valence-electron chi connectivity index (χ1n) is 36.3. The van der Waals surface area contributed by atoms with Crippen molar-refractivity contribution in [2.45, 2.75) is 139 Å². The Morgan fingerprint density at radius 2 is 0.639 bits per heavy atom. The molecule has 486 valence electrons. The Morgan fingerprint density at radius 1 is 0.289 bits per heavy atom. The van der Waals surface area contributed by atoms with E-state index in [-0.39, 0.29) is 21.7 Å². The third-order valence-electron chi connectivity index (χ3n) is 22.1. The van der Waals surface area contributed by atoms with Gasteiger partial charge in [-0.15, -0.1) is 0 Å². The van der Waals surface area contributed by atoms with E-state index in [1.54, 1.807) is 6.07 Å². The summed E-state index contributed by atoms with van der Waals surface area (Å²) in [5.74, 6) is 0. The maximum Gasteiger partial charge on any atom is 0.212 e. The van der Waals surface area contributed by atoms with Crippen molar-refractivity contribution in [3.63, 3.8) is 0 Å². The van der Waals surface area contributed by atoms with E-state index >= 15 is 0 Å². The van der Waals surface area contributed by atoms with Gasteiger partial charge in [0.25, 0.3) is 0 Å². The number of rotatable bonds is 5. The fourth-order valence-electron chi connectivity index (χ4n) is 17.1. The van der Waals surface area contributed by atoms with Crippen molar-refractivity contribution in [1.82, 2.24) is 0 Å². The van der Waals surface area contributed by atoms with E-state index in [1.807, 2.05) is 12.1 Å². The van der Waals surface area contributed by atoms with Gasteiger partial charge in [0.05, 0.1) is 22.3 Å². The Hall–Kier alpha value is -9.64. The number of benzene rings is 8. The van der Waals surface area contributed by atoms with Crippen LogP contribution in [-0.4, -0.2) is 0 Å². The van der Waals surface area contributed by atoms with Crippen molar-refractivity contribution in [2.75, 3.05) is 0 Å². The summed E-state index contributed by atoms with van der Waals surface area (Å²) in [7, 11) is 8.45. The summed E-state index contributed by atoms with van der Waals surface area (Å²) < 4.78 is 32.9. The van der Waals surface area contributed by atoms with Gasteiger partial charge in [-0.05, 0) is 201 Å². The van der Waals surface area contributed by atoms with Crippen LogP contribution in [0.5, 0.6) is 0 Å². The predicted molar refractivity (Wildman–Crippen MR) is 405 cm³/mol. The van der Waals surface area contributed by atoms with Crippen molar-refractivity contribution in [2.24, 2.45) is 28.2 Å². The van der Waals surface area contributed by atoms with Gasteiger partial charge < -0.3 is 0 Å². The standard InChI is InChI=1S/C24H26N.3C23H24N/c1-6-17-11-13-18-19-12-10-16(2)22(21-9-7-8-14-25(21)5)23(19)24(3,4)20(18)15-17;1-15-9-8-10-18-20(15)17-13-12-16(2)21(22(17)23(18,3)4)19-11-6-7-14-24(19)5;1-15-9-12-19-18(14-15)17-11-10-16(2)21(22(17)23(19,3)4)20-8-6-7-13-24(20)5;1-15-9-11-17-18-12-10-16(2)21(20-8-6-7-13-24(20)5)22(18)23(3,4)19(17)14-15/h7-15H,6H2,1-5H3;3*6-14H,1-5H3/q4*+1/i;1D3;;. The van der Waals surface area contributed by atoms with Crippen molar-refractivity contribution >= 4 is 0 Å². The van der Waals surface area contributed by atoms with E-state index in [4.69, 9.17) is 4.11 Å². The average Bonchev–Trinajstić information content (AvgIpc) is 1.58. The molecule has 0 atom stereocenters. The summed E-state index contributed by atoms with van der Waals surface area (Å²) in [6.07, 6.45) is 9.54. The molecule has 97 heavy (non-hydrogen) atoms. The normalized spacial score (nSPS) is 14.9. The first-order valence-corrected chi connectivity index (χ1v) is 34.8. The number of fused-ring (bicyclic) bond motifs is 12. The van der Waals surface area contributed by atoms with E-state index in [1.165, 1.54) is 151 Å². The highest BCUT2D eigenvalue weighted by Crippen LogP contribution is 2.57. The fraction of sp³-hybridized carbons (Fsp3) is 0.269. The molecule has 12 aromatic rings. The van der Waals surface area contributed by atoms with E-state index in [0.29, 0.717) is 5.56 Å². The molecule has 0 saturated heterocycles. The molecular weight excluding hydrogens is 1170 g/mol. The topological polar surface area (TPSA) is 15.5 Å². The summed E-state index contributed by atoms with van der Waals surface area (Å²) in [4.78, 5) is 0. The molecule has 0 bridgehead atoms. The largest absolute Gasteiger partial charge is 0.212 e. The Kier molecular flexibility index (Phi) is 15.9. The lowest BCUT2D eigenvalue weighted by Gasteiger charge is -2.25. The number of hydrogen-bond acceptors (Lipinski definition) is 0. The maximum atomic E-state index is 8.04. The van der Waals surface area contributed by atoms with Crippen molar-refractivity contribution in [3.8, 4) is 89.5 Å². The molecular formula is C93H98N4+4. The molecule has 4 heterocycles. The van der Waals surface area contributed by atoms with Crippen LogP contribution in [0.1, 0.15) is 155 Å². The van der Waals surface area contributed by atoms with Gasteiger partial charge in [-0.25, -0.2) is 18.3 Å². The van der Waals surface area contributed by atoms with E-state index in [9.17, 15) is 0 Å². The average molecular weight is 1270 g/mol. The number of aryl methyl sites for hydroxylation is 12. The first-order chi connectivity index (χ1) is 47.4. The summed E-state index contributed by atoms with van der Waals surface area (Å²) in [5.41, 5.74) is 41.2. The van der Waals surface area contributed by atoms with Crippen LogP contribution < -0.4 is 18.3 Å². The van der Waals surface area contributed by atoms with Gasteiger partial charge in [0.15, 0.2) is 24.8 Å². The lowest BCUT2D eigenvalue weighted by molar-refractivity contribution is -0.660. The molecule has 4 aliphatic carbocycles. The van der Waals surface area contributed by atoms with Gasteiger partial charge in [0.1, 0.15) is 28.2 Å². The summed E-state index contributed by atoms with van der Waals surface area (Å²) >= 11 is 0. The highest BCUT2D eigenvalue weighted by atomic mass is 14.9. The summed E-state index contributed by atoms with van der Waals surface area (Å²) in [6, 6.07) is 70.0.